The minimum atomic E-state index is -0.759. The summed E-state index contributed by atoms with van der Waals surface area (Å²) in [6, 6.07) is 11.8. The van der Waals surface area contributed by atoms with Crippen molar-refractivity contribution in [2.75, 3.05) is 5.32 Å². The van der Waals surface area contributed by atoms with E-state index in [-0.39, 0.29) is 10.7 Å². The summed E-state index contributed by atoms with van der Waals surface area (Å²) in [7, 11) is 0. The molecule has 0 radical (unpaired) electrons. The number of halogens is 2. The van der Waals surface area contributed by atoms with Gasteiger partial charge in [-0.05, 0) is 43.7 Å². The molecule has 0 saturated heterocycles. The minimum Gasteiger partial charge on any atom is -0.481 e. The number of benzene rings is 2. The molecule has 0 spiro atoms. The lowest BCUT2D eigenvalue weighted by Gasteiger charge is -2.15. The third kappa shape index (κ3) is 3.95. The van der Waals surface area contributed by atoms with E-state index in [2.05, 4.69) is 5.32 Å². The zero-order valence-corrected chi connectivity index (χ0v) is 12.4. The van der Waals surface area contributed by atoms with Gasteiger partial charge in [0.25, 0.3) is 5.91 Å². The molecule has 5 heteroatoms. The Morgan fingerprint density at radius 1 is 1.29 bits per heavy atom. The molecule has 0 saturated carbocycles. The van der Waals surface area contributed by atoms with Crippen LogP contribution in [-0.4, -0.2) is 12.0 Å². The highest BCUT2D eigenvalue weighted by molar-refractivity contribution is 6.31. The number of hydrogen-bond acceptors (Lipinski definition) is 2. The monoisotopic (exact) mass is 307 g/mol. The molecule has 1 unspecified atom stereocenters. The summed E-state index contributed by atoms with van der Waals surface area (Å²) in [6.45, 7) is 3.53. The molecular formula is C16H15ClFNO2. The SMILES string of the molecule is Cc1cccc(OC(C)C(=O)Nc2cccc(Cl)c2F)c1. The lowest BCUT2D eigenvalue weighted by molar-refractivity contribution is -0.122. The summed E-state index contributed by atoms with van der Waals surface area (Å²) in [5.41, 5.74) is 1.06. The van der Waals surface area contributed by atoms with Gasteiger partial charge in [-0.15, -0.1) is 0 Å². The van der Waals surface area contributed by atoms with Crippen LogP contribution in [0.4, 0.5) is 10.1 Å². The Balaban J connectivity index is 2.04. The molecule has 0 fully saturated rings. The zero-order valence-electron chi connectivity index (χ0n) is 11.7. The van der Waals surface area contributed by atoms with Gasteiger partial charge in [-0.3, -0.25) is 4.79 Å². The molecule has 2 aromatic rings. The molecule has 1 atom stereocenters. The van der Waals surface area contributed by atoms with Gasteiger partial charge in [-0.25, -0.2) is 4.39 Å². The van der Waals surface area contributed by atoms with E-state index in [1.807, 2.05) is 25.1 Å². The Labute approximate surface area is 127 Å². The normalized spacial score (nSPS) is 11.8. The van der Waals surface area contributed by atoms with Crippen molar-refractivity contribution in [3.05, 3.63) is 58.9 Å². The van der Waals surface area contributed by atoms with Gasteiger partial charge in [-0.2, -0.15) is 0 Å². The lowest BCUT2D eigenvalue weighted by atomic mass is 10.2. The first kappa shape index (κ1) is 15.3. The molecule has 3 nitrogen and oxygen atoms in total. The average molecular weight is 308 g/mol. The van der Waals surface area contributed by atoms with Crippen molar-refractivity contribution in [2.24, 2.45) is 0 Å². The van der Waals surface area contributed by atoms with Gasteiger partial charge in [0.15, 0.2) is 11.9 Å². The van der Waals surface area contributed by atoms with Crippen molar-refractivity contribution in [3.8, 4) is 5.75 Å². The molecule has 2 aromatic carbocycles. The van der Waals surface area contributed by atoms with Crippen LogP contribution < -0.4 is 10.1 Å². The third-order valence-corrected chi connectivity index (χ3v) is 3.17. The van der Waals surface area contributed by atoms with Gasteiger partial charge in [-0.1, -0.05) is 29.8 Å². The second-order valence-electron chi connectivity index (χ2n) is 4.67. The van der Waals surface area contributed by atoms with E-state index in [9.17, 15) is 9.18 Å². The van der Waals surface area contributed by atoms with Crippen molar-refractivity contribution < 1.29 is 13.9 Å². The highest BCUT2D eigenvalue weighted by atomic mass is 35.5. The zero-order chi connectivity index (χ0) is 15.4. The first-order valence-electron chi connectivity index (χ1n) is 6.45. The second kappa shape index (κ2) is 6.59. The van der Waals surface area contributed by atoms with E-state index in [0.29, 0.717) is 5.75 Å². The van der Waals surface area contributed by atoms with Crippen LogP contribution in [0.2, 0.25) is 5.02 Å². The molecule has 2 rings (SSSR count). The quantitative estimate of drug-likeness (QED) is 0.919. The summed E-state index contributed by atoms with van der Waals surface area (Å²) < 4.78 is 19.2. The second-order valence-corrected chi connectivity index (χ2v) is 5.07. The molecule has 1 N–H and O–H groups in total. The highest BCUT2D eigenvalue weighted by Crippen LogP contribution is 2.22. The van der Waals surface area contributed by atoms with Crippen molar-refractivity contribution >= 4 is 23.2 Å². The first-order valence-corrected chi connectivity index (χ1v) is 6.83. The van der Waals surface area contributed by atoms with Crippen LogP contribution in [0.5, 0.6) is 5.75 Å². The van der Waals surface area contributed by atoms with Gasteiger partial charge < -0.3 is 10.1 Å². The van der Waals surface area contributed by atoms with E-state index in [1.165, 1.54) is 12.1 Å². The molecule has 0 bridgehead atoms. The van der Waals surface area contributed by atoms with E-state index < -0.39 is 17.8 Å². The molecule has 21 heavy (non-hydrogen) atoms. The number of anilines is 1. The molecular weight excluding hydrogens is 293 g/mol. The summed E-state index contributed by atoms with van der Waals surface area (Å²) in [6.07, 6.45) is -0.759. The maximum atomic E-state index is 13.7. The van der Waals surface area contributed by atoms with Crippen molar-refractivity contribution in [1.82, 2.24) is 0 Å². The van der Waals surface area contributed by atoms with Gasteiger partial charge in [0.1, 0.15) is 5.75 Å². The number of carbonyl (C=O) groups excluding carboxylic acids is 1. The van der Waals surface area contributed by atoms with E-state index >= 15 is 0 Å². The number of carbonyl (C=O) groups is 1. The van der Waals surface area contributed by atoms with Crippen molar-refractivity contribution in [3.63, 3.8) is 0 Å². The van der Waals surface area contributed by atoms with Crippen molar-refractivity contribution in [1.29, 1.82) is 0 Å². The smallest absolute Gasteiger partial charge is 0.265 e. The predicted molar refractivity (Wildman–Crippen MR) is 81.3 cm³/mol. The number of amides is 1. The fraction of sp³-hybridized carbons (Fsp3) is 0.188. The van der Waals surface area contributed by atoms with Crippen LogP contribution in [0.1, 0.15) is 12.5 Å². The molecule has 1 amide bonds. The Kier molecular flexibility index (Phi) is 4.81. The fourth-order valence-electron chi connectivity index (χ4n) is 1.78. The first-order chi connectivity index (χ1) is 9.97. The molecule has 0 aliphatic heterocycles. The minimum absolute atomic E-state index is 0.0344. The summed E-state index contributed by atoms with van der Waals surface area (Å²) in [4.78, 5) is 12.0. The van der Waals surface area contributed by atoms with Crippen molar-refractivity contribution in [2.45, 2.75) is 20.0 Å². The number of hydrogen-bond donors (Lipinski definition) is 1. The maximum absolute atomic E-state index is 13.7. The predicted octanol–water partition coefficient (Wildman–Crippen LogP) is 4.19. The Morgan fingerprint density at radius 3 is 2.71 bits per heavy atom. The highest BCUT2D eigenvalue weighted by Gasteiger charge is 2.17. The molecule has 0 aliphatic carbocycles. The van der Waals surface area contributed by atoms with Crippen LogP contribution in [-0.2, 0) is 4.79 Å². The number of rotatable bonds is 4. The van der Waals surface area contributed by atoms with Gasteiger partial charge in [0.2, 0.25) is 0 Å². The number of ether oxygens (including phenoxy) is 1. The standard InChI is InChI=1S/C16H15ClFNO2/c1-10-5-3-6-12(9-10)21-11(2)16(20)19-14-8-4-7-13(17)15(14)18/h3-9,11H,1-2H3,(H,19,20). The summed E-state index contributed by atoms with van der Waals surface area (Å²) in [5.74, 6) is -0.517. The molecule has 0 aliphatic rings. The van der Waals surface area contributed by atoms with Gasteiger partial charge in [0, 0.05) is 0 Å². The van der Waals surface area contributed by atoms with Crippen LogP contribution >= 0.6 is 11.6 Å². The Hall–Kier alpha value is -2.07. The summed E-state index contributed by atoms with van der Waals surface area (Å²) in [5, 5.41) is 2.42. The number of nitrogens with one attached hydrogen (secondary N) is 1. The molecule has 110 valence electrons. The van der Waals surface area contributed by atoms with Crippen LogP contribution in [0.15, 0.2) is 42.5 Å². The average Bonchev–Trinajstić information content (AvgIpc) is 2.44. The largest absolute Gasteiger partial charge is 0.481 e. The third-order valence-electron chi connectivity index (χ3n) is 2.88. The van der Waals surface area contributed by atoms with Crippen LogP contribution in [0.3, 0.4) is 0 Å². The van der Waals surface area contributed by atoms with Crippen LogP contribution in [0, 0.1) is 12.7 Å². The molecule has 0 heterocycles. The Bertz CT molecular complexity index is 660. The lowest BCUT2D eigenvalue weighted by Crippen LogP contribution is -2.30. The van der Waals surface area contributed by atoms with E-state index in [0.717, 1.165) is 5.56 Å². The van der Waals surface area contributed by atoms with Gasteiger partial charge in [0.05, 0.1) is 10.7 Å². The van der Waals surface area contributed by atoms with Crippen LogP contribution in [0.25, 0.3) is 0 Å². The maximum Gasteiger partial charge on any atom is 0.265 e. The Morgan fingerprint density at radius 2 is 2.00 bits per heavy atom. The number of aryl methyl sites for hydroxylation is 1. The van der Waals surface area contributed by atoms with E-state index in [4.69, 9.17) is 16.3 Å². The topological polar surface area (TPSA) is 38.3 Å². The van der Waals surface area contributed by atoms with E-state index in [1.54, 1.807) is 19.1 Å². The fourth-order valence-corrected chi connectivity index (χ4v) is 1.96. The summed E-state index contributed by atoms with van der Waals surface area (Å²) >= 11 is 5.67. The van der Waals surface area contributed by atoms with Gasteiger partial charge >= 0.3 is 0 Å². The molecule has 0 aromatic heterocycles.